The molecule has 0 aliphatic carbocycles. The van der Waals surface area contributed by atoms with Gasteiger partial charge < -0.3 is 30.3 Å². The molecule has 0 aromatic heterocycles. The van der Waals surface area contributed by atoms with Crippen LogP contribution in [0.25, 0.3) is 0 Å². The minimum Gasteiger partial charge on any atom is -0.748 e. The van der Waals surface area contributed by atoms with Crippen molar-refractivity contribution in [2.24, 2.45) is 5.41 Å². The maximum absolute atomic E-state index is 2.72. The van der Waals surface area contributed by atoms with Gasteiger partial charge in [-0.05, 0) is 29.1 Å². The molecule has 4 rings (SSSR count). The Morgan fingerprint density at radius 3 is 1.46 bits per heavy atom. The first kappa shape index (κ1) is 31.5. The van der Waals surface area contributed by atoms with Crippen LogP contribution in [0.5, 0.6) is 0 Å². The van der Waals surface area contributed by atoms with E-state index < -0.39 is 7.92 Å². The molecule has 0 radical (unpaired) electrons. The average Bonchev–Trinajstić information content (AvgIpc) is 3.48. The zero-order chi connectivity index (χ0) is 25.0. The summed E-state index contributed by atoms with van der Waals surface area (Å²) in [6.45, 7) is 13.4. The van der Waals surface area contributed by atoms with Crippen molar-refractivity contribution in [3.8, 4) is 0 Å². The molecule has 35 heavy (non-hydrogen) atoms. The molecule has 1 atom stereocenters. The van der Waals surface area contributed by atoms with E-state index in [4.69, 9.17) is 0 Å². The molecular weight excluding hydrogens is 502 g/mol. The summed E-state index contributed by atoms with van der Waals surface area (Å²) in [5.74, 6) is 0. The van der Waals surface area contributed by atoms with Crippen LogP contribution < -0.4 is 15.9 Å². The summed E-state index contributed by atoms with van der Waals surface area (Å²) in [6.07, 6.45) is 2.38. The first-order valence-corrected chi connectivity index (χ1v) is 14.1. The van der Waals surface area contributed by atoms with Gasteiger partial charge in [0.15, 0.2) is 0 Å². The molecule has 0 bridgehead atoms. The van der Waals surface area contributed by atoms with E-state index >= 15 is 0 Å². The van der Waals surface area contributed by atoms with E-state index in [1.165, 1.54) is 27.9 Å². The monoisotopic (exact) mass is 544 g/mol. The first-order valence-electron chi connectivity index (χ1n) is 12.1. The normalized spacial score (nSPS) is 11.0. The summed E-state index contributed by atoms with van der Waals surface area (Å²) < 4.78 is 0. The Hall–Kier alpha value is -1.48. The zero-order valence-corrected chi connectivity index (χ0v) is 25.3. The van der Waals surface area contributed by atoms with Crippen molar-refractivity contribution in [1.82, 2.24) is 0 Å². The number of aryl methyl sites for hydroxylation is 1. The summed E-state index contributed by atoms with van der Waals surface area (Å²) >= 11 is 0. The van der Waals surface area contributed by atoms with E-state index in [-0.39, 0.29) is 17.1 Å². The zero-order valence-electron chi connectivity index (χ0n) is 22.2. The second-order valence-electron chi connectivity index (χ2n) is 10.8. The second kappa shape index (κ2) is 15.6. The number of hydrogen-bond donors (Lipinski definition) is 0. The molecular formula is C32H42FeP2-6. The van der Waals surface area contributed by atoms with Crippen LogP contribution in [0.4, 0.5) is 0 Å². The van der Waals surface area contributed by atoms with E-state index in [1.807, 2.05) is 30.3 Å². The Morgan fingerprint density at radius 2 is 1.09 bits per heavy atom. The molecule has 194 valence electrons. The maximum Gasteiger partial charge on any atom is 0 e. The van der Waals surface area contributed by atoms with E-state index in [1.54, 1.807) is 0 Å². The molecule has 4 aromatic carbocycles. The Bertz CT molecular complexity index is 958. The number of benzene rings is 2. The Morgan fingerprint density at radius 1 is 0.686 bits per heavy atom. The predicted molar refractivity (Wildman–Crippen MR) is 160 cm³/mol. The van der Waals surface area contributed by atoms with Gasteiger partial charge in [-0.1, -0.05) is 115 Å². The molecule has 0 fully saturated rings. The van der Waals surface area contributed by atoms with Gasteiger partial charge in [-0.3, -0.25) is 0 Å². The fourth-order valence-electron chi connectivity index (χ4n) is 3.29. The van der Waals surface area contributed by atoms with Crippen molar-refractivity contribution in [1.29, 1.82) is 0 Å². The molecule has 0 N–H and O–H groups in total. The number of rotatable bonds is 5. The molecule has 0 nitrogen and oxygen atoms in total. The molecule has 0 amide bonds. The summed E-state index contributed by atoms with van der Waals surface area (Å²) in [5.41, 5.74) is 1.89. The molecule has 0 aliphatic rings. The van der Waals surface area contributed by atoms with Gasteiger partial charge in [0, 0.05) is 17.1 Å². The van der Waals surface area contributed by atoms with Crippen LogP contribution in [-0.4, -0.2) is 5.16 Å². The first-order chi connectivity index (χ1) is 16.0. The van der Waals surface area contributed by atoms with Gasteiger partial charge in [-0.2, -0.15) is 6.07 Å². The van der Waals surface area contributed by atoms with Crippen LogP contribution in [0, 0.1) is 5.41 Å². The van der Waals surface area contributed by atoms with Gasteiger partial charge in [-0.15, -0.1) is 20.1 Å². The molecule has 0 saturated heterocycles. The molecule has 0 aliphatic heterocycles. The van der Waals surface area contributed by atoms with E-state index in [0.717, 1.165) is 6.42 Å². The Labute approximate surface area is 229 Å². The van der Waals surface area contributed by atoms with Crippen LogP contribution in [0.3, 0.4) is 0 Å². The van der Waals surface area contributed by atoms with Crippen molar-refractivity contribution >= 4 is 33.1 Å². The van der Waals surface area contributed by atoms with Gasteiger partial charge in [0.25, 0.3) is 0 Å². The van der Waals surface area contributed by atoms with Crippen molar-refractivity contribution in [2.75, 3.05) is 0 Å². The van der Waals surface area contributed by atoms with Gasteiger partial charge in [0.2, 0.25) is 0 Å². The van der Waals surface area contributed by atoms with Crippen molar-refractivity contribution < 1.29 is 17.1 Å². The fraction of sp³-hybridized carbons (Fsp3) is 0.312. The molecule has 4 aromatic rings. The standard InChI is InChI=1S/C23H26P.C5H5.C4H11P.Fe/c1-23(2,3)18-17-19-11-10-16-22(19)24(20-12-6-4-7-13-20)21-14-8-5-9-15-21;1-2-4-5-3-1;1-4(2,3)5;/h4-16H,17-18H2,1-3H3;1-5H;5H2,1-3H3;/q-1;-5;;. The van der Waals surface area contributed by atoms with E-state index in [0.29, 0.717) is 10.6 Å². The van der Waals surface area contributed by atoms with Crippen LogP contribution in [0.2, 0.25) is 0 Å². The summed E-state index contributed by atoms with van der Waals surface area (Å²) in [4.78, 5) is 0. The largest absolute Gasteiger partial charge is 0.748 e. The molecule has 0 spiro atoms. The quantitative estimate of drug-likeness (QED) is 0.135. The Balaban J connectivity index is 0.000000466. The van der Waals surface area contributed by atoms with Crippen LogP contribution >= 0.6 is 17.2 Å². The molecule has 1 unspecified atom stereocenters. The van der Waals surface area contributed by atoms with Crippen molar-refractivity contribution in [3.05, 3.63) is 115 Å². The summed E-state index contributed by atoms with van der Waals surface area (Å²) in [7, 11) is 2.24. The van der Waals surface area contributed by atoms with Crippen LogP contribution in [0.1, 0.15) is 53.5 Å². The second-order valence-corrected chi connectivity index (χ2v) is 14.7. The third-order valence-electron chi connectivity index (χ3n) is 4.85. The molecule has 0 saturated carbocycles. The fourth-order valence-corrected chi connectivity index (χ4v) is 5.79. The summed E-state index contributed by atoms with van der Waals surface area (Å²) in [5, 5.41) is 4.80. The average molecular weight is 544 g/mol. The molecule has 3 heteroatoms. The molecule has 0 heterocycles. The van der Waals surface area contributed by atoms with Gasteiger partial charge in [0.1, 0.15) is 0 Å². The summed E-state index contributed by atoms with van der Waals surface area (Å²) in [6, 6.07) is 38.8. The van der Waals surface area contributed by atoms with E-state index in [2.05, 4.69) is 130 Å². The minimum absolute atomic E-state index is 0. The smallest absolute Gasteiger partial charge is 0 e. The third kappa shape index (κ3) is 13.4. The number of hydrogen-bond acceptors (Lipinski definition) is 0. The van der Waals surface area contributed by atoms with Gasteiger partial charge >= 0.3 is 0 Å². The van der Waals surface area contributed by atoms with Crippen LogP contribution in [-0.2, 0) is 23.5 Å². The minimum atomic E-state index is -0.477. The van der Waals surface area contributed by atoms with Gasteiger partial charge in [-0.25, -0.2) is 12.1 Å². The van der Waals surface area contributed by atoms with Gasteiger partial charge in [0.05, 0.1) is 0 Å². The SMILES string of the molecule is CC(C)(C)CC[c-]1cccc1P(c1ccccc1)c1ccccc1.CC(C)(C)P.[Fe].[cH-]1[cH-][cH-][cH-][cH-]1. The van der Waals surface area contributed by atoms with E-state index in [9.17, 15) is 0 Å². The van der Waals surface area contributed by atoms with Crippen LogP contribution in [0.15, 0.2) is 109 Å². The third-order valence-corrected chi connectivity index (χ3v) is 7.40. The topological polar surface area (TPSA) is 0 Å². The Kier molecular flexibility index (Phi) is 14.1. The predicted octanol–water partition coefficient (Wildman–Crippen LogP) is 8.21. The van der Waals surface area contributed by atoms with Crippen molar-refractivity contribution in [3.63, 3.8) is 0 Å². The maximum atomic E-state index is 2.72. The van der Waals surface area contributed by atoms with Crippen molar-refractivity contribution in [2.45, 2.75) is 59.5 Å².